The number of likely N-dealkylation sites (tertiary alicyclic amines) is 1. The van der Waals surface area contributed by atoms with Crippen LogP contribution in [0, 0.1) is 11.8 Å². The summed E-state index contributed by atoms with van der Waals surface area (Å²) in [4.78, 5) is 2.64. The monoisotopic (exact) mass is 334 g/mol. The lowest BCUT2D eigenvalue weighted by atomic mass is 9.70. The van der Waals surface area contributed by atoms with Gasteiger partial charge in [0.05, 0.1) is 0 Å². The predicted octanol–water partition coefficient (Wildman–Crippen LogP) is 4.67. The highest BCUT2D eigenvalue weighted by Crippen LogP contribution is 2.41. The smallest absolute Gasteiger partial charge is 0.0408 e. The van der Waals surface area contributed by atoms with Gasteiger partial charge in [0.15, 0.2) is 0 Å². The van der Waals surface area contributed by atoms with E-state index < -0.39 is 0 Å². The second kappa shape index (κ2) is 8.00. The van der Waals surface area contributed by atoms with Gasteiger partial charge in [-0.15, -0.1) is 0 Å². The van der Waals surface area contributed by atoms with Crippen LogP contribution in [0.1, 0.15) is 56.9 Å². The van der Waals surface area contributed by atoms with Crippen molar-refractivity contribution in [3.8, 4) is 0 Å². The Labute approximate surface area is 146 Å². The van der Waals surface area contributed by atoms with Crippen LogP contribution in [0.2, 0.25) is 5.02 Å². The Bertz CT molecular complexity index is 496. The predicted molar refractivity (Wildman–Crippen MR) is 99.0 cm³/mol. The van der Waals surface area contributed by atoms with E-state index in [1.165, 1.54) is 37.8 Å². The Kier molecular flexibility index (Phi) is 6.01. The van der Waals surface area contributed by atoms with Gasteiger partial charge in [-0.25, -0.2) is 0 Å². The van der Waals surface area contributed by atoms with Crippen molar-refractivity contribution in [3.05, 3.63) is 34.9 Å². The molecular formula is C20H31ClN2. The van der Waals surface area contributed by atoms with Crippen LogP contribution in [0.15, 0.2) is 24.3 Å². The molecule has 1 aliphatic heterocycles. The zero-order chi connectivity index (χ0) is 16.2. The van der Waals surface area contributed by atoms with E-state index in [9.17, 15) is 0 Å². The molecule has 3 unspecified atom stereocenters. The van der Waals surface area contributed by atoms with Gasteiger partial charge >= 0.3 is 0 Å². The van der Waals surface area contributed by atoms with Crippen LogP contribution in [0.25, 0.3) is 0 Å². The third kappa shape index (κ3) is 4.49. The molecule has 0 radical (unpaired) electrons. The minimum Gasteiger partial charge on any atom is -0.328 e. The fourth-order valence-corrected chi connectivity index (χ4v) is 4.78. The van der Waals surface area contributed by atoms with E-state index in [-0.39, 0.29) is 0 Å². The molecule has 1 aliphatic carbocycles. The molecular weight excluding hydrogens is 304 g/mol. The summed E-state index contributed by atoms with van der Waals surface area (Å²) in [6.07, 6.45) is 7.82. The molecule has 0 bridgehead atoms. The molecule has 1 aromatic rings. The van der Waals surface area contributed by atoms with E-state index in [4.69, 9.17) is 17.3 Å². The molecule has 3 rings (SSSR count). The first kappa shape index (κ1) is 17.3. The molecule has 3 atom stereocenters. The number of piperidine rings is 1. The number of halogens is 1. The van der Waals surface area contributed by atoms with Gasteiger partial charge in [0.25, 0.3) is 0 Å². The Balaban J connectivity index is 1.78. The van der Waals surface area contributed by atoms with E-state index in [1.54, 1.807) is 0 Å². The van der Waals surface area contributed by atoms with Crippen molar-refractivity contribution in [2.75, 3.05) is 19.6 Å². The average molecular weight is 335 g/mol. The van der Waals surface area contributed by atoms with Crippen LogP contribution >= 0.6 is 11.6 Å². The quantitative estimate of drug-likeness (QED) is 0.866. The van der Waals surface area contributed by atoms with Gasteiger partial charge < -0.3 is 10.6 Å². The van der Waals surface area contributed by atoms with Gasteiger partial charge in [-0.1, -0.05) is 49.9 Å². The van der Waals surface area contributed by atoms with Crippen molar-refractivity contribution in [1.29, 1.82) is 0 Å². The van der Waals surface area contributed by atoms with Gasteiger partial charge in [0.1, 0.15) is 0 Å². The fourth-order valence-electron chi connectivity index (χ4n) is 4.58. The molecule has 2 N–H and O–H groups in total. The summed E-state index contributed by atoms with van der Waals surface area (Å²) in [5, 5.41) is 0.872. The first-order valence-corrected chi connectivity index (χ1v) is 9.74. The second-order valence-electron chi connectivity index (χ2n) is 7.73. The minimum absolute atomic E-state index is 0.407. The van der Waals surface area contributed by atoms with Crippen molar-refractivity contribution in [1.82, 2.24) is 4.90 Å². The molecule has 23 heavy (non-hydrogen) atoms. The number of benzene rings is 1. The molecule has 128 valence electrons. The number of nitrogens with two attached hydrogens (primary N) is 1. The van der Waals surface area contributed by atoms with E-state index in [2.05, 4.69) is 30.0 Å². The van der Waals surface area contributed by atoms with E-state index in [0.29, 0.717) is 12.0 Å². The van der Waals surface area contributed by atoms with Crippen molar-refractivity contribution in [2.24, 2.45) is 17.6 Å². The van der Waals surface area contributed by atoms with Crippen molar-refractivity contribution in [3.63, 3.8) is 0 Å². The van der Waals surface area contributed by atoms with Gasteiger partial charge in [-0.05, 0) is 67.8 Å². The summed E-state index contributed by atoms with van der Waals surface area (Å²) >= 11 is 6.30. The maximum atomic E-state index is 6.30. The standard InChI is InChI=1S/C20H31ClN2/c1-15-5-2-3-8-19(15)20(16-6-4-7-17(21)13-16)14-23-11-9-18(22)10-12-23/h4,6-7,13,15,18-20H,2-3,5,8-12,14,22H2,1H3. The highest BCUT2D eigenvalue weighted by Gasteiger charge is 2.32. The maximum absolute atomic E-state index is 6.30. The topological polar surface area (TPSA) is 29.3 Å². The van der Waals surface area contributed by atoms with Crippen LogP contribution < -0.4 is 5.73 Å². The molecule has 0 spiro atoms. The van der Waals surface area contributed by atoms with Crippen LogP contribution in [0.4, 0.5) is 0 Å². The average Bonchev–Trinajstić information content (AvgIpc) is 2.55. The normalized spacial score (nSPS) is 28.7. The molecule has 2 nitrogen and oxygen atoms in total. The Hall–Kier alpha value is -0.570. The summed E-state index contributed by atoms with van der Waals surface area (Å²) in [6, 6.07) is 9.00. The molecule has 0 aromatic heterocycles. The third-order valence-corrected chi connectivity index (χ3v) is 6.29. The molecule has 1 saturated carbocycles. The largest absolute Gasteiger partial charge is 0.328 e. The summed E-state index contributed by atoms with van der Waals surface area (Å²) in [7, 11) is 0. The number of hydrogen-bond acceptors (Lipinski definition) is 2. The number of hydrogen-bond donors (Lipinski definition) is 1. The van der Waals surface area contributed by atoms with Crippen LogP contribution in [-0.2, 0) is 0 Å². The lowest BCUT2D eigenvalue weighted by Crippen LogP contribution is -2.43. The van der Waals surface area contributed by atoms with Gasteiger partial charge in [-0.2, -0.15) is 0 Å². The Morgan fingerprint density at radius 1 is 1.17 bits per heavy atom. The summed E-state index contributed by atoms with van der Waals surface area (Å²) in [6.45, 7) is 5.92. The zero-order valence-corrected chi connectivity index (χ0v) is 15.1. The summed E-state index contributed by atoms with van der Waals surface area (Å²) in [5.41, 5.74) is 7.52. The summed E-state index contributed by atoms with van der Waals surface area (Å²) < 4.78 is 0. The van der Waals surface area contributed by atoms with Crippen molar-refractivity contribution >= 4 is 11.6 Å². The Morgan fingerprint density at radius 2 is 1.91 bits per heavy atom. The van der Waals surface area contributed by atoms with Crippen LogP contribution in [-0.4, -0.2) is 30.6 Å². The first-order valence-electron chi connectivity index (χ1n) is 9.37. The Morgan fingerprint density at radius 3 is 2.61 bits per heavy atom. The fraction of sp³-hybridized carbons (Fsp3) is 0.700. The van der Waals surface area contributed by atoms with E-state index >= 15 is 0 Å². The molecule has 2 aliphatic rings. The molecule has 2 fully saturated rings. The molecule has 0 amide bonds. The lowest BCUT2D eigenvalue weighted by molar-refractivity contribution is 0.146. The van der Waals surface area contributed by atoms with Gasteiger partial charge in [0.2, 0.25) is 0 Å². The molecule has 3 heteroatoms. The van der Waals surface area contributed by atoms with Gasteiger partial charge in [-0.3, -0.25) is 0 Å². The maximum Gasteiger partial charge on any atom is 0.0408 e. The highest BCUT2D eigenvalue weighted by molar-refractivity contribution is 6.30. The minimum atomic E-state index is 0.407. The first-order chi connectivity index (χ1) is 11.1. The molecule has 1 aromatic carbocycles. The van der Waals surface area contributed by atoms with E-state index in [0.717, 1.165) is 42.8 Å². The number of nitrogens with zero attached hydrogens (tertiary/aromatic N) is 1. The summed E-state index contributed by atoms with van der Waals surface area (Å²) in [5.74, 6) is 2.22. The highest BCUT2D eigenvalue weighted by atomic mass is 35.5. The number of rotatable bonds is 4. The van der Waals surface area contributed by atoms with Crippen molar-refractivity contribution < 1.29 is 0 Å². The molecule has 1 heterocycles. The SMILES string of the molecule is CC1CCCCC1C(CN1CCC(N)CC1)c1cccc(Cl)c1. The zero-order valence-electron chi connectivity index (χ0n) is 14.4. The third-order valence-electron chi connectivity index (χ3n) is 6.06. The molecule has 1 saturated heterocycles. The lowest BCUT2D eigenvalue weighted by Gasteiger charge is -2.40. The van der Waals surface area contributed by atoms with Gasteiger partial charge in [0, 0.05) is 17.6 Å². The van der Waals surface area contributed by atoms with E-state index in [1.807, 2.05) is 6.07 Å². The van der Waals surface area contributed by atoms with Crippen LogP contribution in [0.3, 0.4) is 0 Å². The van der Waals surface area contributed by atoms with Crippen molar-refractivity contribution in [2.45, 2.75) is 57.4 Å². The van der Waals surface area contributed by atoms with Crippen LogP contribution in [0.5, 0.6) is 0 Å². The second-order valence-corrected chi connectivity index (χ2v) is 8.16.